The lowest BCUT2D eigenvalue weighted by Gasteiger charge is -2.32. The van der Waals surface area contributed by atoms with Crippen LogP contribution in [-0.2, 0) is 26.2 Å². The first-order chi connectivity index (χ1) is 18.0. The van der Waals surface area contributed by atoms with Gasteiger partial charge in [-0.25, -0.2) is 8.42 Å². The van der Waals surface area contributed by atoms with Crippen LogP contribution in [0.25, 0.3) is 0 Å². The maximum atomic E-state index is 13.6. The lowest BCUT2D eigenvalue weighted by Crippen LogP contribution is -2.51. The number of hydrogen-bond acceptors (Lipinski definition) is 4. The predicted molar refractivity (Wildman–Crippen MR) is 154 cm³/mol. The molecule has 7 nitrogen and oxygen atoms in total. The first kappa shape index (κ1) is 30.3. The average molecular weight is 583 g/mol. The summed E-state index contributed by atoms with van der Waals surface area (Å²) < 4.78 is 26.3. The first-order valence-electron chi connectivity index (χ1n) is 13.1. The number of aryl methyl sites for hydroxylation is 1. The highest BCUT2D eigenvalue weighted by Gasteiger charge is 2.31. The minimum absolute atomic E-state index is 0.0496. The second kappa shape index (κ2) is 13.7. The summed E-state index contributed by atoms with van der Waals surface area (Å²) in [4.78, 5) is 28.5. The van der Waals surface area contributed by atoms with Gasteiger partial charge in [-0.3, -0.25) is 13.9 Å². The SMILES string of the molecule is CC[C@@H](C(=O)NC1CCCC1)N(Cc1cccc(C)c1)C(=O)CCCN(c1cc(Cl)ccc1Cl)S(C)(=O)=O. The van der Waals surface area contributed by atoms with Crippen LogP contribution in [0.15, 0.2) is 42.5 Å². The zero-order chi connectivity index (χ0) is 27.9. The molecule has 0 bridgehead atoms. The van der Waals surface area contributed by atoms with E-state index in [1.165, 1.54) is 10.4 Å². The number of anilines is 1. The molecule has 1 saturated carbocycles. The van der Waals surface area contributed by atoms with E-state index in [1.807, 2.05) is 38.1 Å². The van der Waals surface area contributed by atoms with Crippen LogP contribution < -0.4 is 9.62 Å². The van der Waals surface area contributed by atoms with Crippen molar-refractivity contribution in [2.24, 2.45) is 0 Å². The fourth-order valence-corrected chi connectivity index (χ4v) is 6.36. The quantitative estimate of drug-likeness (QED) is 0.347. The Kier molecular flexibility index (Phi) is 10.9. The summed E-state index contributed by atoms with van der Waals surface area (Å²) in [6.07, 6.45) is 6.01. The molecule has 2 amide bonds. The lowest BCUT2D eigenvalue weighted by atomic mass is 10.1. The molecule has 0 saturated heterocycles. The lowest BCUT2D eigenvalue weighted by molar-refractivity contribution is -0.141. The van der Waals surface area contributed by atoms with Gasteiger partial charge in [-0.1, -0.05) is 72.8 Å². The van der Waals surface area contributed by atoms with E-state index in [9.17, 15) is 18.0 Å². The van der Waals surface area contributed by atoms with E-state index >= 15 is 0 Å². The van der Waals surface area contributed by atoms with Gasteiger partial charge in [-0.05, 0) is 56.4 Å². The number of nitrogens with zero attached hydrogens (tertiary/aromatic N) is 2. The van der Waals surface area contributed by atoms with Crippen LogP contribution in [0.5, 0.6) is 0 Å². The molecule has 0 radical (unpaired) electrons. The molecule has 3 rings (SSSR count). The summed E-state index contributed by atoms with van der Waals surface area (Å²) in [5.74, 6) is -0.338. The smallest absolute Gasteiger partial charge is 0.243 e. The largest absolute Gasteiger partial charge is 0.352 e. The third kappa shape index (κ3) is 8.35. The molecular weight excluding hydrogens is 545 g/mol. The summed E-state index contributed by atoms with van der Waals surface area (Å²) in [5, 5.41) is 3.75. The topological polar surface area (TPSA) is 86.8 Å². The third-order valence-corrected chi connectivity index (χ3v) is 8.59. The van der Waals surface area contributed by atoms with Crippen molar-refractivity contribution in [3.05, 3.63) is 63.6 Å². The Hall–Kier alpha value is -2.29. The number of benzene rings is 2. The predicted octanol–water partition coefficient (Wildman–Crippen LogP) is 5.71. The second-order valence-corrected chi connectivity index (χ2v) is 12.7. The number of carbonyl (C=O) groups excluding carboxylic acids is 2. The molecule has 0 spiro atoms. The van der Waals surface area contributed by atoms with Gasteiger partial charge in [0.15, 0.2) is 0 Å². The van der Waals surface area contributed by atoms with Crippen LogP contribution in [-0.4, -0.2) is 50.0 Å². The summed E-state index contributed by atoms with van der Waals surface area (Å²) in [5.41, 5.74) is 2.28. The fourth-order valence-electron chi connectivity index (χ4n) is 4.95. The van der Waals surface area contributed by atoms with Gasteiger partial charge in [0.05, 0.1) is 17.0 Å². The molecular formula is C28H37Cl2N3O4S. The van der Waals surface area contributed by atoms with Gasteiger partial charge in [0.2, 0.25) is 21.8 Å². The Morgan fingerprint density at radius 1 is 1.11 bits per heavy atom. The van der Waals surface area contributed by atoms with Gasteiger partial charge < -0.3 is 10.2 Å². The summed E-state index contributed by atoms with van der Waals surface area (Å²) in [6.45, 7) is 4.24. The second-order valence-electron chi connectivity index (χ2n) is 9.96. The van der Waals surface area contributed by atoms with Crippen molar-refractivity contribution in [3.63, 3.8) is 0 Å². The van der Waals surface area contributed by atoms with E-state index in [0.29, 0.717) is 18.0 Å². The molecule has 1 aliphatic carbocycles. The minimum Gasteiger partial charge on any atom is -0.352 e. The molecule has 1 N–H and O–H groups in total. The molecule has 0 unspecified atom stereocenters. The highest BCUT2D eigenvalue weighted by atomic mass is 35.5. The van der Waals surface area contributed by atoms with Gasteiger partial charge in [0.25, 0.3) is 0 Å². The Morgan fingerprint density at radius 3 is 2.45 bits per heavy atom. The monoisotopic (exact) mass is 581 g/mol. The number of hydrogen-bond donors (Lipinski definition) is 1. The number of amides is 2. The standard InChI is InChI=1S/C28H37Cl2N3O4S/c1-4-25(28(35)31-23-11-5-6-12-23)32(19-21-10-7-9-20(2)17-21)27(34)13-8-16-33(38(3,36)37)26-18-22(29)14-15-24(26)30/h7,9-10,14-15,17-18,23,25H,4-6,8,11-13,16,19H2,1-3H3,(H,31,35)/t25-/m0/s1. The zero-order valence-electron chi connectivity index (χ0n) is 22.3. The van der Waals surface area contributed by atoms with E-state index in [1.54, 1.807) is 17.0 Å². The van der Waals surface area contributed by atoms with E-state index in [2.05, 4.69) is 5.32 Å². The Balaban J connectivity index is 1.78. The zero-order valence-corrected chi connectivity index (χ0v) is 24.6. The van der Waals surface area contributed by atoms with Crippen LogP contribution in [0.1, 0.15) is 63.0 Å². The highest BCUT2D eigenvalue weighted by molar-refractivity contribution is 7.92. The van der Waals surface area contributed by atoms with Crippen LogP contribution in [0.2, 0.25) is 10.0 Å². The molecule has 10 heteroatoms. The van der Waals surface area contributed by atoms with Crippen molar-refractivity contribution in [1.82, 2.24) is 10.2 Å². The van der Waals surface area contributed by atoms with Gasteiger partial charge >= 0.3 is 0 Å². The van der Waals surface area contributed by atoms with E-state index in [0.717, 1.165) is 43.1 Å². The van der Waals surface area contributed by atoms with Crippen molar-refractivity contribution in [2.45, 2.75) is 77.4 Å². The molecule has 2 aromatic carbocycles. The first-order valence-corrected chi connectivity index (χ1v) is 15.7. The van der Waals surface area contributed by atoms with Crippen LogP contribution in [0.3, 0.4) is 0 Å². The summed E-state index contributed by atoms with van der Waals surface area (Å²) >= 11 is 12.4. The highest BCUT2D eigenvalue weighted by Crippen LogP contribution is 2.31. The molecule has 0 aromatic heterocycles. The van der Waals surface area contributed by atoms with E-state index in [4.69, 9.17) is 23.2 Å². The van der Waals surface area contributed by atoms with Crippen molar-refractivity contribution in [2.75, 3.05) is 17.1 Å². The van der Waals surface area contributed by atoms with Gasteiger partial charge in [0, 0.05) is 30.6 Å². The molecule has 38 heavy (non-hydrogen) atoms. The minimum atomic E-state index is -3.68. The number of sulfonamides is 1. The number of nitrogens with one attached hydrogen (secondary N) is 1. The van der Waals surface area contributed by atoms with Crippen molar-refractivity contribution < 1.29 is 18.0 Å². The van der Waals surface area contributed by atoms with Crippen LogP contribution in [0.4, 0.5) is 5.69 Å². The summed E-state index contributed by atoms with van der Waals surface area (Å²) in [7, 11) is -3.68. The van der Waals surface area contributed by atoms with Crippen molar-refractivity contribution >= 4 is 50.7 Å². The van der Waals surface area contributed by atoms with E-state index < -0.39 is 16.1 Å². The molecule has 1 aliphatic rings. The molecule has 2 aromatic rings. The number of halogens is 2. The van der Waals surface area contributed by atoms with Gasteiger partial charge in [-0.2, -0.15) is 0 Å². The molecule has 1 fully saturated rings. The van der Waals surface area contributed by atoms with Crippen LogP contribution >= 0.6 is 23.2 Å². The van der Waals surface area contributed by atoms with Crippen molar-refractivity contribution in [3.8, 4) is 0 Å². The van der Waals surface area contributed by atoms with E-state index in [-0.39, 0.29) is 48.0 Å². The van der Waals surface area contributed by atoms with Crippen molar-refractivity contribution in [1.29, 1.82) is 0 Å². The molecule has 1 atom stereocenters. The summed E-state index contributed by atoms with van der Waals surface area (Å²) in [6, 6.07) is 12.0. The van der Waals surface area contributed by atoms with Gasteiger partial charge in [0.1, 0.15) is 6.04 Å². The molecule has 0 aliphatic heterocycles. The molecule has 208 valence electrons. The van der Waals surface area contributed by atoms with Crippen LogP contribution in [0, 0.1) is 6.92 Å². The Labute approximate surface area is 236 Å². The number of carbonyl (C=O) groups is 2. The molecule has 0 heterocycles. The Bertz CT molecular complexity index is 1230. The maximum absolute atomic E-state index is 13.6. The normalized spacial score (nSPS) is 14.8. The maximum Gasteiger partial charge on any atom is 0.243 e. The number of rotatable bonds is 12. The third-order valence-electron chi connectivity index (χ3n) is 6.85. The average Bonchev–Trinajstić information content (AvgIpc) is 3.35. The fraction of sp³-hybridized carbons (Fsp3) is 0.500. The van der Waals surface area contributed by atoms with Gasteiger partial charge in [-0.15, -0.1) is 0 Å². The Morgan fingerprint density at radius 2 is 1.82 bits per heavy atom.